The molecule has 0 N–H and O–H groups in total. The number of nitrogens with zero attached hydrogens (tertiary/aromatic N) is 1. The van der Waals surface area contributed by atoms with Gasteiger partial charge in [0.25, 0.3) is 0 Å². The van der Waals surface area contributed by atoms with Gasteiger partial charge in [-0.3, -0.25) is 4.90 Å². The molecule has 1 aliphatic rings. The molecular formula is C8H15ClFNO. The Morgan fingerprint density at radius 1 is 1.67 bits per heavy atom. The minimum Gasteiger partial charge on any atom is -0.374 e. The summed E-state index contributed by atoms with van der Waals surface area (Å²) in [6, 6.07) is 0.320. The van der Waals surface area contributed by atoms with Crippen molar-refractivity contribution in [2.75, 3.05) is 32.3 Å². The van der Waals surface area contributed by atoms with E-state index in [-0.39, 0.29) is 12.8 Å². The van der Waals surface area contributed by atoms with Crippen molar-refractivity contribution in [2.24, 2.45) is 0 Å². The highest BCUT2D eigenvalue weighted by molar-refractivity contribution is 6.18. The Hall–Kier alpha value is 0.140. The molecule has 1 fully saturated rings. The molecule has 1 saturated heterocycles. The van der Waals surface area contributed by atoms with Crippen LogP contribution in [0.15, 0.2) is 0 Å². The second kappa shape index (κ2) is 5.00. The zero-order valence-corrected chi connectivity index (χ0v) is 8.06. The fourth-order valence-electron chi connectivity index (χ4n) is 1.39. The molecule has 2 unspecified atom stereocenters. The third kappa shape index (κ3) is 2.57. The molecular weight excluding hydrogens is 181 g/mol. The van der Waals surface area contributed by atoms with Crippen molar-refractivity contribution in [3.05, 3.63) is 0 Å². The molecule has 0 radical (unpaired) electrons. The van der Waals surface area contributed by atoms with Crippen molar-refractivity contribution in [3.63, 3.8) is 0 Å². The molecule has 0 aromatic rings. The van der Waals surface area contributed by atoms with Crippen LogP contribution in [-0.2, 0) is 4.74 Å². The Morgan fingerprint density at radius 2 is 2.42 bits per heavy atom. The van der Waals surface area contributed by atoms with Crippen molar-refractivity contribution in [3.8, 4) is 0 Å². The zero-order chi connectivity index (χ0) is 8.97. The number of morpholine rings is 1. The van der Waals surface area contributed by atoms with E-state index in [1.54, 1.807) is 0 Å². The van der Waals surface area contributed by atoms with Gasteiger partial charge in [-0.15, -0.1) is 11.6 Å². The van der Waals surface area contributed by atoms with Crippen LogP contribution in [0.2, 0.25) is 0 Å². The highest BCUT2D eigenvalue weighted by atomic mass is 35.5. The quantitative estimate of drug-likeness (QED) is 0.630. The van der Waals surface area contributed by atoms with Crippen molar-refractivity contribution < 1.29 is 9.13 Å². The van der Waals surface area contributed by atoms with Crippen molar-refractivity contribution >= 4 is 11.6 Å². The first-order chi connectivity index (χ1) is 5.77. The minimum atomic E-state index is -0.292. The van der Waals surface area contributed by atoms with Gasteiger partial charge in [0.15, 0.2) is 0 Å². The number of rotatable bonds is 3. The normalized spacial score (nSPS) is 32.2. The summed E-state index contributed by atoms with van der Waals surface area (Å²) in [5.41, 5.74) is 0. The van der Waals surface area contributed by atoms with Gasteiger partial charge in [-0.1, -0.05) is 0 Å². The molecule has 0 amide bonds. The summed E-state index contributed by atoms with van der Waals surface area (Å²) in [6.07, 6.45) is 0.0782. The van der Waals surface area contributed by atoms with E-state index >= 15 is 0 Å². The number of ether oxygens (including phenoxy) is 1. The number of alkyl halides is 2. The maximum atomic E-state index is 12.1. The standard InChI is InChI=1S/C8H15ClFNO/c1-7-6-12-8(4-9)5-11(7)3-2-10/h7-8H,2-6H2,1H3. The monoisotopic (exact) mass is 195 g/mol. The summed E-state index contributed by atoms with van der Waals surface area (Å²) in [4.78, 5) is 2.08. The average Bonchev–Trinajstić information content (AvgIpc) is 2.09. The minimum absolute atomic E-state index is 0.0782. The Kier molecular flexibility index (Phi) is 4.26. The number of hydrogen-bond acceptors (Lipinski definition) is 2. The van der Waals surface area contributed by atoms with E-state index in [9.17, 15) is 4.39 Å². The van der Waals surface area contributed by atoms with Crippen LogP contribution in [0, 0.1) is 0 Å². The van der Waals surface area contributed by atoms with Gasteiger partial charge in [-0.05, 0) is 6.92 Å². The smallest absolute Gasteiger partial charge is 0.102 e. The van der Waals surface area contributed by atoms with Gasteiger partial charge in [0, 0.05) is 25.0 Å². The molecule has 72 valence electrons. The van der Waals surface area contributed by atoms with Crippen LogP contribution < -0.4 is 0 Å². The Labute approximate surface area is 77.6 Å². The summed E-state index contributed by atoms with van der Waals surface area (Å²) < 4.78 is 17.5. The van der Waals surface area contributed by atoms with Crippen LogP contribution in [0.25, 0.3) is 0 Å². The molecule has 0 bridgehead atoms. The summed E-state index contributed by atoms with van der Waals surface area (Å²) in [5, 5.41) is 0. The van der Waals surface area contributed by atoms with Crippen LogP contribution in [0.4, 0.5) is 4.39 Å². The van der Waals surface area contributed by atoms with Gasteiger partial charge in [0.05, 0.1) is 12.7 Å². The van der Waals surface area contributed by atoms with Crippen LogP contribution in [0.5, 0.6) is 0 Å². The van der Waals surface area contributed by atoms with E-state index in [2.05, 4.69) is 4.90 Å². The fourth-order valence-corrected chi connectivity index (χ4v) is 1.58. The van der Waals surface area contributed by atoms with Crippen LogP contribution in [0.1, 0.15) is 6.92 Å². The highest BCUT2D eigenvalue weighted by Crippen LogP contribution is 2.11. The largest absolute Gasteiger partial charge is 0.374 e. The lowest BCUT2D eigenvalue weighted by molar-refractivity contribution is -0.0489. The first kappa shape index (κ1) is 10.2. The van der Waals surface area contributed by atoms with E-state index < -0.39 is 0 Å². The van der Waals surface area contributed by atoms with Crippen molar-refractivity contribution in [1.29, 1.82) is 0 Å². The topological polar surface area (TPSA) is 12.5 Å². The summed E-state index contributed by atoms with van der Waals surface area (Å²) >= 11 is 5.65. The molecule has 0 saturated carbocycles. The fraction of sp³-hybridized carbons (Fsp3) is 1.00. The molecule has 2 atom stereocenters. The molecule has 4 heteroatoms. The Bertz CT molecular complexity index is 136. The van der Waals surface area contributed by atoms with E-state index in [1.807, 2.05) is 6.92 Å². The van der Waals surface area contributed by atoms with Gasteiger partial charge < -0.3 is 4.74 Å². The maximum Gasteiger partial charge on any atom is 0.102 e. The van der Waals surface area contributed by atoms with Gasteiger partial charge in [0.1, 0.15) is 6.67 Å². The predicted molar refractivity (Wildman–Crippen MR) is 47.5 cm³/mol. The van der Waals surface area contributed by atoms with Crippen LogP contribution in [0.3, 0.4) is 0 Å². The first-order valence-electron chi connectivity index (χ1n) is 4.25. The zero-order valence-electron chi connectivity index (χ0n) is 7.30. The van der Waals surface area contributed by atoms with Crippen molar-refractivity contribution in [1.82, 2.24) is 4.90 Å². The van der Waals surface area contributed by atoms with E-state index in [0.717, 1.165) is 6.54 Å². The third-order valence-electron chi connectivity index (χ3n) is 2.18. The molecule has 1 aliphatic heterocycles. The molecule has 1 heterocycles. The number of hydrogen-bond donors (Lipinski definition) is 0. The molecule has 1 rings (SSSR count). The Balaban J connectivity index is 2.36. The van der Waals surface area contributed by atoms with E-state index in [4.69, 9.17) is 16.3 Å². The SMILES string of the molecule is CC1COC(CCl)CN1CCF. The molecule has 0 aliphatic carbocycles. The van der Waals surface area contributed by atoms with Gasteiger partial charge >= 0.3 is 0 Å². The molecule has 0 spiro atoms. The van der Waals surface area contributed by atoms with Crippen molar-refractivity contribution in [2.45, 2.75) is 19.1 Å². The second-order valence-electron chi connectivity index (χ2n) is 3.14. The number of halogens is 2. The molecule has 2 nitrogen and oxygen atoms in total. The maximum absolute atomic E-state index is 12.1. The van der Waals surface area contributed by atoms with Crippen LogP contribution in [-0.4, -0.2) is 49.3 Å². The third-order valence-corrected chi connectivity index (χ3v) is 2.52. The Morgan fingerprint density at radius 3 is 3.00 bits per heavy atom. The predicted octanol–water partition coefficient (Wildman–Crippen LogP) is 1.28. The lowest BCUT2D eigenvalue weighted by Gasteiger charge is -2.36. The van der Waals surface area contributed by atoms with Gasteiger partial charge in [-0.25, -0.2) is 4.39 Å². The second-order valence-corrected chi connectivity index (χ2v) is 3.45. The van der Waals surface area contributed by atoms with E-state index in [1.165, 1.54) is 0 Å². The lowest BCUT2D eigenvalue weighted by atomic mass is 10.2. The summed E-state index contributed by atoms with van der Waals surface area (Å²) in [6.45, 7) is 3.67. The highest BCUT2D eigenvalue weighted by Gasteiger charge is 2.24. The molecule has 0 aromatic carbocycles. The summed E-state index contributed by atoms with van der Waals surface area (Å²) in [7, 11) is 0. The molecule has 12 heavy (non-hydrogen) atoms. The average molecular weight is 196 g/mol. The van der Waals surface area contributed by atoms with Gasteiger partial charge in [0.2, 0.25) is 0 Å². The van der Waals surface area contributed by atoms with Crippen LogP contribution >= 0.6 is 11.6 Å². The van der Waals surface area contributed by atoms with Gasteiger partial charge in [-0.2, -0.15) is 0 Å². The van der Waals surface area contributed by atoms with E-state index in [0.29, 0.717) is 25.1 Å². The summed E-state index contributed by atoms with van der Waals surface area (Å²) in [5.74, 6) is 0.496. The molecule has 0 aromatic heterocycles. The lowest BCUT2D eigenvalue weighted by Crippen LogP contribution is -2.49. The first-order valence-corrected chi connectivity index (χ1v) is 4.79.